The molecule has 1 aliphatic heterocycles. The molecule has 1 atom stereocenters. The number of benzene rings is 3. The maximum absolute atomic E-state index is 12.7. The Balaban J connectivity index is 1.07. The lowest BCUT2D eigenvalue weighted by molar-refractivity contribution is 0.103. The lowest BCUT2D eigenvalue weighted by Crippen LogP contribution is -2.45. The number of anilines is 2. The Morgan fingerprint density at radius 1 is 1.02 bits per heavy atom. The van der Waals surface area contributed by atoms with Crippen molar-refractivity contribution < 1.29 is 18.3 Å². The Labute approximate surface area is 241 Å². The molecule has 4 aromatic rings. The van der Waals surface area contributed by atoms with Crippen molar-refractivity contribution in [2.45, 2.75) is 29.9 Å². The highest BCUT2D eigenvalue weighted by molar-refractivity contribution is 7.92. The van der Waals surface area contributed by atoms with Crippen LogP contribution in [0, 0.1) is 0 Å². The molecule has 212 valence electrons. The predicted molar refractivity (Wildman–Crippen MR) is 157 cm³/mol. The third-order valence-electron chi connectivity index (χ3n) is 6.71. The molecule has 40 heavy (non-hydrogen) atoms. The van der Waals surface area contributed by atoms with E-state index in [4.69, 9.17) is 27.9 Å². The average molecular weight is 607 g/mol. The van der Waals surface area contributed by atoms with Gasteiger partial charge < -0.3 is 30.0 Å². The number of ether oxygens (including phenoxy) is 1. The molecular weight excluding hydrogens is 577 g/mol. The van der Waals surface area contributed by atoms with Crippen LogP contribution in [-0.2, 0) is 10.0 Å². The van der Waals surface area contributed by atoms with Crippen molar-refractivity contribution in [3.05, 3.63) is 81.2 Å². The van der Waals surface area contributed by atoms with Gasteiger partial charge in [0, 0.05) is 47.1 Å². The molecule has 2 heterocycles. The van der Waals surface area contributed by atoms with Crippen molar-refractivity contribution in [2.24, 2.45) is 0 Å². The number of para-hydroxylation sites is 1. The van der Waals surface area contributed by atoms with Crippen molar-refractivity contribution >= 4 is 55.6 Å². The number of H-pyrrole nitrogens is 2. The standard InChI is InChI=1S/C27H29Cl2N5O5S/c28-17-12-18(29)14-23(13-17)40(37,38)33-20-4-6-21(7-5-20)34-10-8-19(9-11-34)30-15-22(35)16-39-25-3-1-2-24-26(25)32-27(36)31-24/h1-7,12-14,19,22,30,33,35H,8-11,15-16H2,(H2,31,32,36)/t22-/m0/s1. The van der Waals surface area contributed by atoms with Crippen LogP contribution in [0.3, 0.4) is 0 Å². The van der Waals surface area contributed by atoms with Gasteiger partial charge in [-0.05, 0) is 67.4 Å². The zero-order chi connectivity index (χ0) is 28.3. The van der Waals surface area contributed by atoms with Gasteiger partial charge in [0.05, 0.1) is 10.4 Å². The van der Waals surface area contributed by atoms with E-state index in [1.807, 2.05) is 12.1 Å². The molecule has 1 aliphatic rings. The number of hydrogen-bond acceptors (Lipinski definition) is 7. The normalized spacial score (nSPS) is 15.3. The Kier molecular flexibility index (Phi) is 8.57. The number of hydrogen-bond donors (Lipinski definition) is 5. The van der Waals surface area contributed by atoms with Gasteiger partial charge in [0.2, 0.25) is 0 Å². The third-order valence-corrected chi connectivity index (χ3v) is 8.51. The van der Waals surface area contributed by atoms with Gasteiger partial charge in [-0.1, -0.05) is 29.3 Å². The van der Waals surface area contributed by atoms with E-state index in [0.29, 0.717) is 29.0 Å². The Hall–Kier alpha value is -3.22. The summed E-state index contributed by atoms with van der Waals surface area (Å²) >= 11 is 11.9. The van der Waals surface area contributed by atoms with E-state index in [1.165, 1.54) is 18.2 Å². The van der Waals surface area contributed by atoms with Crippen molar-refractivity contribution in [1.82, 2.24) is 15.3 Å². The number of aromatic amines is 2. The van der Waals surface area contributed by atoms with Crippen LogP contribution in [-0.4, -0.2) is 61.9 Å². The van der Waals surface area contributed by atoms with Gasteiger partial charge in [-0.3, -0.25) is 4.72 Å². The summed E-state index contributed by atoms with van der Waals surface area (Å²) in [7, 11) is -3.83. The van der Waals surface area contributed by atoms with Crippen molar-refractivity contribution in [1.29, 1.82) is 0 Å². The summed E-state index contributed by atoms with van der Waals surface area (Å²) in [5, 5.41) is 14.3. The summed E-state index contributed by atoms with van der Waals surface area (Å²) in [4.78, 5) is 19.2. The average Bonchev–Trinajstić information content (AvgIpc) is 3.31. The van der Waals surface area contributed by atoms with Crippen LogP contribution in [0.2, 0.25) is 10.0 Å². The summed E-state index contributed by atoms with van der Waals surface area (Å²) in [6.45, 7) is 2.12. The van der Waals surface area contributed by atoms with Crippen LogP contribution < -0.4 is 25.4 Å². The molecule has 13 heteroatoms. The number of sulfonamides is 1. The van der Waals surface area contributed by atoms with Crippen molar-refractivity contribution in [3.63, 3.8) is 0 Å². The molecule has 0 bridgehead atoms. The summed E-state index contributed by atoms with van der Waals surface area (Å²) in [6, 6.07) is 17.0. The van der Waals surface area contributed by atoms with Gasteiger partial charge in [-0.25, -0.2) is 13.2 Å². The van der Waals surface area contributed by atoms with Crippen LogP contribution in [0.15, 0.2) is 70.4 Å². The number of piperidine rings is 1. The highest BCUT2D eigenvalue weighted by Crippen LogP contribution is 2.26. The predicted octanol–water partition coefficient (Wildman–Crippen LogP) is 3.96. The summed E-state index contributed by atoms with van der Waals surface area (Å²) in [5.74, 6) is 0.510. The number of aliphatic hydroxyl groups excluding tert-OH is 1. The second-order valence-corrected chi connectivity index (χ2v) is 12.2. The zero-order valence-corrected chi connectivity index (χ0v) is 23.7. The van der Waals surface area contributed by atoms with E-state index in [-0.39, 0.29) is 33.3 Å². The maximum Gasteiger partial charge on any atom is 0.323 e. The lowest BCUT2D eigenvalue weighted by Gasteiger charge is -2.34. The first-order valence-corrected chi connectivity index (χ1v) is 15.0. The first kappa shape index (κ1) is 28.3. The monoisotopic (exact) mass is 605 g/mol. The number of imidazole rings is 1. The molecule has 1 saturated heterocycles. The molecule has 0 aliphatic carbocycles. The van der Waals surface area contributed by atoms with Crippen molar-refractivity contribution in [2.75, 3.05) is 35.9 Å². The fraction of sp³-hybridized carbons (Fsp3) is 0.296. The number of fused-ring (bicyclic) bond motifs is 1. The number of aromatic nitrogens is 2. The molecular formula is C27H29Cl2N5O5S. The fourth-order valence-corrected chi connectivity index (χ4v) is 6.46. The van der Waals surface area contributed by atoms with Gasteiger partial charge in [0.25, 0.3) is 10.0 Å². The highest BCUT2D eigenvalue weighted by Gasteiger charge is 2.21. The van der Waals surface area contributed by atoms with Crippen LogP contribution in [0.5, 0.6) is 5.75 Å². The fourth-order valence-electron chi connectivity index (χ4n) is 4.68. The van der Waals surface area contributed by atoms with E-state index in [2.05, 4.69) is 24.9 Å². The second kappa shape index (κ2) is 12.1. The largest absolute Gasteiger partial charge is 0.489 e. The summed E-state index contributed by atoms with van der Waals surface area (Å²) < 4.78 is 33.7. The van der Waals surface area contributed by atoms with Gasteiger partial charge >= 0.3 is 5.69 Å². The smallest absolute Gasteiger partial charge is 0.323 e. The molecule has 5 N–H and O–H groups in total. The molecule has 0 radical (unpaired) electrons. The first-order valence-electron chi connectivity index (χ1n) is 12.8. The van der Waals surface area contributed by atoms with E-state index < -0.39 is 16.1 Å². The zero-order valence-electron chi connectivity index (χ0n) is 21.4. The maximum atomic E-state index is 12.7. The molecule has 10 nitrogen and oxygen atoms in total. The molecule has 1 fully saturated rings. The Morgan fingerprint density at radius 3 is 2.42 bits per heavy atom. The highest BCUT2D eigenvalue weighted by atomic mass is 35.5. The quantitative estimate of drug-likeness (QED) is 0.184. The molecule has 0 unspecified atom stereocenters. The van der Waals surface area contributed by atoms with E-state index in [1.54, 1.807) is 30.3 Å². The van der Waals surface area contributed by atoms with E-state index in [9.17, 15) is 18.3 Å². The van der Waals surface area contributed by atoms with Gasteiger partial charge in [0.1, 0.15) is 24.0 Å². The van der Waals surface area contributed by atoms with E-state index in [0.717, 1.165) is 31.6 Å². The summed E-state index contributed by atoms with van der Waals surface area (Å²) in [5.41, 5.74) is 2.36. The topological polar surface area (TPSA) is 140 Å². The van der Waals surface area contributed by atoms with Crippen LogP contribution in [0.1, 0.15) is 12.8 Å². The minimum atomic E-state index is -3.83. The van der Waals surface area contributed by atoms with Gasteiger partial charge in [0.15, 0.2) is 0 Å². The molecule has 0 spiro atoms. The minimum absolute atomic E-state index is 0.00491. The number of halogens is 2. The van der Waals surface area contributed by atoms with Gasteiger partial charge in [-0.15, -0.1) is 0 Å². The third kappa shape index (κ3) is 6.91. The Bertz CT molecular complexity index is 1610. The lowest BCUT2D eigenvalue weighted by atomic mass is 10.0. The number of rotatable bonds is 10. The SMILES string of the molecule is O=c1[nH]c2cccc(OC[C@@H](O)CNC3CCN(c4ccc(NS(=O)(=O)c5cc(Cl)cc(Cl)c5)cc4)CC3)c2[nH]1. The van der Waals surface area contributed by atoms with Crippen LogP contribution >= 0.6 is 23.2 Å². The molecule has 0 amide bonds. The van der Waals surface area contributed by atoms with E-state index >= 15 is 0 Å². The van der Waals surface area contributed by atoms with Crippen LogP contribution in [0.25, 0.3) is 11.0 Å². The minimum Gasteiger partial charge on any atom is -0.489 e. The molecule has 3 aromatic carbocycles. The first-order chi connectivity index (χ1) is 19.2. The summed E-state index contributed by atoms with van der Waals surface area (Å²) in [6.07, 6.45) is 1.07. The van der Waals surface area contributed by atoms with Crippen LogP contribution in [0.4, 0.5) is 11.4 Å². The number of aliphatic hydroxyl groups is 1. The molecule has 1 aromatic heterocycles. The van der Waals surface area contributed by atoms with Gasteiger partial charge in [-0.2, -0.15) is 0 Å². The molecule has 0 saturated carbocycles. The Morgan fingerprint density at radius 2 is 1.73 bits per heavy atom. The number of nitrogens with zero attached hydrogens (tertiary/aromatic N) is 1. The number of nitrogens with one attached hydrogen (secondary N) is 4. The molecule has 5 rings (SSSR count). The second-order valence-electron chi connectivity index (χ2n) is 9.65. The van der Waals surface area contributed by atoms with Crippen molar-refractivity contribution in [3.8, 4) is 5.75 Å².